The van der Waals surface area contributed by atoms with Crippen molar-refractivity contribution in [3.05, 3.63) is 23.8 Å². The SMILES string of the molecule is CNC1CCCN(C(=O)c2ccc(OCC(=O)NC(C)C)c(OC)c2)C1. The third-order valence-electron chi connectivity index (χ3n) is 4.34. The molecule has 0 aromatic heterocycles. The maximum atomic E-state index is 12.8. The van der Waals surface area contributed by atoms with Crippen molar-refractivity contribution in [2.75, 3.05) is 33.9 Å². The van der Waals surface area contributed by atoms with Crippen LogP contribution in [0.4, 0.5) is 0 Å². The molecule has 0 radical (unpaired) electrons. The molecule has 1 heterocycles. The van der Waals surface area contributed by atoms with Crippen molar-refractivity contribution in [3.8, 4) is 11.5 Å². The van der Waals surface area contributed by atoms with E-state index in [0.717, 1.165) is 19.4 Å². The number of ether oxygens (including phenoxy) is 2. The van der Waals surface area contributed by atoms with Crippen LogP contribution in [-0.2, 0) is 4.79 Å². The fraction of sp³-hybridized carbons (Fsp3) is 0.579. The van der Waals surface area contributed by atoms with Crippen molar-refractivity contribution < 1.29 is 19.1 Å². The molecule has 1 aliphatic rings. The number of nitrogens with zero attached hydrogens (tertiary/aromatic N) is 1. The minimum absolute atomic E-state index is 0.0210. The number of hydrogen-bond acceptors (Lipinski definition) is 5. The average Bonchev–Trinajstić information content (AvgIpc) is 2.65. The van der Waals surface area contributed by atoms with Gasteiger partial charge in [0.1, 0.15) is 0 Å². The van der Waals surface area contributed by atoms with Gasteiger partial charge in [-0.2, -0.15) is 0 Å². The van der Waals surface area contributed by atoms with Gasteiger partial charge in [0.25, 0.3) is 11.8 Å². The Morgan fingerprint density at radius 2 is 2.08 bits per heavy atom. The van der Waals surface area contributed by atoms with Gasteiger partial charge in [-0.25, -0.2) is 0 Å². The molecule has 1 aliphatic heterocycles. The third kappa shape index (κ3) is 5.36. The number of likely N-dealkylation sites (N-methyl/N-ethyl adjacent to an activating group) is 1. The minimum Gasteiger partial charge on any atom is -0.493 e. The Balaban J connectivity index is 2.05. The highest BCUT2D eigenvalue weighted by atomic mass is 16.5. The molecule has 1 aromatic carbocycles. The van der Waals surface area contributed by atoms with Gasteiger partial charge in [0.05, 0.1) is 7.11 Å². The molecule has 1 saturated heterocycles. The van der Waals surface area contributed by atoms with Crippen LogP contribution in [0.1, 0.15) is 37.0 Å². The third-order valence-corrected chi connectivity index (χ3v) is 4.34. The molecule has 144 valence electrons. The summed E-state index contributed by atoms with van der Waals surface area (Å²) in [5, 5.41) is 6.00. The number of rotatable bonds is 7. The van der Waals surface area contributed by atoms with E-state index in [1.54, 1.807) is 18.2 Å². The van der Waals surface area contributed by atoms with E-state index in [0.29, 0.717) is 29.6 Å². The molecule has 2 amide bonds. The van der Waals surface area contributed by atoms with Gasteiger partial charge in [-0.3, -0.25) is 9.59 Å². The second kappa shape index (κ2) is 9.43. The fourth-order valence-corrected chi connectivity index (χ4v) is 3.01. The molecule has 1 unspecified atom stereocenters. The van der Waals surface area contributed by atoms with E-state index < -0.39 is 0 Å². The van der Waals surface area contributed by atoms with E-state index in [9.17, 15) is 9.59 Å². The first-order valence-electron chi connectivity index (χ1n) is 9.01. The van der Waals surface area contributed by atoms with Gasteiger partial charge in [-0.1, -0.05) is 0 Å². The first-order chi connectivity index (χ1) is 12.4. The molecule has 2 rings (SSSR count). The Morgan fingerprint density at radius 3 is 2.73 bits per heavy atom. The highest BCUT2D eigenvalue weighted by Gasteiger charge is 2.24. The molecule has 0 spiro atoms. The van der Waals surface area contributed by atoms with E-state index >= 15 is 0 Å². The summed E-state index contributed by atoms with van der Waals surface area (Å²) in [6.07, 6.45) is 2.06. The quantitative estimate of drug-likeness (QED) is 0.766. The van der Waals surface area contributed by atoms with E-state index in [-0.39, 0.29) is 24.5 Å². The van der Waals surface area contributed by atoms with Crippen molar-refractivity contribution >= 4 is 11.8 Å². The number of methoxy groups -OCH3 is 1. The van der Waals surface area contributed by atoms with Gasteiger partial charge in [-0.05, 0) is 51.9 Å². The topological polar surface area (TPSA) is 79.9 Å². The molecule has 1 aromatic rings. The van der Waals surface area contributed by atoms with Crippen LogP contribution in [0, 0.1) is 0 Å². The maximum Gasteiger partial charge on any atom is 0.258 e. The van der Waals surface area contributed by atoms with Gasteiger partial charge >= 0.3 is 0 Å². The van der Waals surface area contributed by atoms with Crippen molar-refractivity contribution in [1.29, 1.82) is 0 Å². The number of piperidine rings is 1. The van der Waals surface area contributed by atoms with Gasteiger partial charge in [0.15, 0.2) is 18.1 Å². The Bertz CT molecular complexity index is 633. The summed E-state index contributed by atoms with van der Waals surface area (Å²) in [4.78, 5) is 26.3. The van der Waals surface area contributed by atoms with Crippen LogP contribution in [0.5, 0.6) is 11.5 Å². The molecule has 7 nitrogen and oxygen atoms in total. The van der Waals surface area contributed by atoms with Crippen molar-refractivity contribution in [3.63, 3.8) is 0 Å². The van der Waals surface area contributed by atoms with Crippen molar-refractivity contribution in [2.24, 2.45) is 0 Å². The van der Waals surface area contributed by atoms with Crippen LogP contribution in [0.25, 0.3) is 0 Å². The highest BCUT2D eigenvalue weighted by molar-refractivity contribution is 5.95. The molecular formula is C19H29N3O4. The molecule has 26 heavy (non-hydrogen) atoms. The number of hydrogen-bond donors (Lipinski definition) is 2. The minimum atomic E-state index is -0.200. The number of carbonyl (C=O) groups excluding carboxylic acids is 2. The summed E-state index contributed by atoms with van der Waals surface area (Å²) >= 11 is 0. The standard InChI is InChI=1S/C19H29N3O4/c1-13(2)21-18(23)12-26-16-8-7-14(10-17(16)25-4)19(24)22-9-5-6-15(11-22)20-3/h7-8,10,13,15,20H,5-6,9,11-12H2,1-4H3,(H,21,23). The lowest BCUT2D eigenvalue weighted by atomic mass is 10.0. The Morgan fingerprint density at radius 1 is 1.31 bits per heavy atom. The second-order valence-corrected chi connectivity index (χ2v) is 6.76. The van der Waals surface area contributed by atoms with Crippen LogP contribution < -0.4 is 20.1 Å². The largest absolute Gasteiger partial charge is 0.493 e. The molecule has 1 atom stereocenters. The molecule has 2 N–H and O–H groups in total. The summed E-state index contributed by atoms with van der Waals surface area (Å²) < 4.78 is 10.9. The Labute approximate surface area is 155 Å². The smallest absolute Gasteiger partial charge is 0.258 e. The number of benzene rings is 1. The first kappa shape index (κ1) is 20.0. The zero-order valence-corrected chi connectivity index (χ0v) is 16.0. The van der Waals surface area contributed by atoms with Crippen molar-refractivity contribution in [1.82, 2.24) is 15.5 Å². The predicted molar refractivity (Wildman–Crippen MR) is 99.8 cm³/mol. The number of nitrogens with one attached hydrogen (secondary N) is 2. The normalized spacial score (nSPS) is 17.1. The summed E-state index contributed by atoms with van der Waals surface area (Å²) in [5.41, 5.74) is 0.553. The molecule has 0 aliphatic carbocycles. The van der Waals surface area contributed by atoms with Crippen molar-refractivity contribution in [2.45, 2.75) is 38.8 Å². The fourth-order valence-electron chi connectivity index (χ4n) is 3.01. The highest BCUT2D eigenvalue weighted by Crippen LogP contribution is 2.29. The van der Waals surface area contributed by atoms with E-state index in [2.05, 4.69) is 10.6 Å². The Hall–Kier alpha value is -2.28. The molecule has 7 heteroatoms. The van der Waals surface area contributed by atoms with Crippen LogP contribution in [0.15, 0.2) is 18.2 Å². The number of carbonyl (C=O) groups is 2. The molecule has 1 fully saturated rings. The van der Waals surface area contributed by atoms with Gasteiger partial charge in [0, 0.05) is 30.7 Å². The van der Waals surface area contributed by atoms with Gasteiger partial charge in [-0.15, -0.1) is 0 Å². The summed E-state index contributed by atoms with van der Waals surface area (Å²) in [6, 6.07) is 5.44. The molecular weight excluding hydrogens is 334 g/mol. The van der Waals surface area contributed by atoms with Crippen LogP contribution in [-0.4, -0.2) is 62.7 Å². The molecule has 0 saturated carbocycles. The lowest BCUT2D eigenvalue weighted by Gasteiger charge is -2.32. The lowest BCUT2D eigenvalue weighted by Crippen LogP contribution is -2.46. The van der Waals surface area contributed by atoms with E-state index in [4.69, 9.17) is 9.47 Å². The van der Waals surface area contributed by atoms with Crippen LogP contribution >= 0.6 is 0 Å². The van der Waals surface area contributed by atoms with Crippen LogP contribution in [0.3, 0.4) is 0 Å². The van der Waals surface area contributed by atoms with Gasteiger partial charge < -0.3 is 25.0 Å². The maximum absolute atomic E-state index is 12.8. The zero-order valence-electron chi connectivity index (χ0n) is 16.0. The summed E-state index contributed by atoms with van der Waals surface area (Å²) in [6.45, 7) is 5.13. The molecule has 0 bridgehead atoms. The zero-order chi connectivity index (χ0) is 19.1. The number of likely N-dealkylation sites (tertiary alicyclic amines) is 1. The lowest BCUT2D eigenvalue weighted by molar-refractivity contribution is -0.123. The Kier molecular flexibility index (Phi) is 7.26. The van der Waals surface area contributed by atoms with E-state index in [1.807, 2.05) is 25.8 Å². The van der Waals surface area contributed by atoms with Gasteiger partial charge in [0.2, 0.25) is 0 Å². The second-order valence-electron chi connectivity index (χ2n) is 6.76. The number of amides is 2. The average molecular weight is 363 g/mol. The monoisotopic (exact) mass is 363 g/mol. The predicted octanol–water partition coefficient (Wildman–Crippen LogP) is 1.42. The summed E-state index contributed by atoms with van der Waals surface area (Å²) in [5.74, 6) is 0.658. The van der Waals surface area contributed by atoms with E-state index in [1.165, 1.54) is 7.11 Å². The van der Waals surface area contributed by atoms with Crippen LogP contribution in [0.2, 0.25) is 0 Å². The first-order valence-corrected chi connectivity index (χ1v) is 9.01. The summed E-state index contributed by atoms with van der Waals surface area (Å²) in [7, 11) is 3.44.